The maximum Gasteiger partial charge on any atom is 0.251 e. The lowest BCUT2D eigenvalue weighted by Crippen LogP contribution is -2.51. The van der Waals surface area contributed by atoms with E-state index in [2.05, 4.69) is 20.5 Å². The van der Waals surface area contributed by atoms with Crippen LogP contribution >= 0.6 is 24.0 Å². The van der Waals surface area contributed by atoms with Gasteiger partial charge in [0.05, 0.1) is 12.6 Å². The summed E-state index contributed by atoms with van der Waals surface area (Å²) in [5.74, 6) is 0.465. The molecule has 2 aromatic carbocycles. The fraction of sp³-hybridized carbons (Fsp3) is 0.391. The number of benzene rings is 2. The van der Waals surface area contributed by atoms with Crippen LogP contribution in [0.3, 0.4) is 0 Å². The number of morpholine rings is 1. The van der Waals surface area contributed by atoms with Crippen LogP contribution in [0, 0.1) is 5.82 Å². The third kappa shape index (κ3) is 6.90. The van der Waals surface area contributed by atoms with E-state index in [1.54, 1.807) is 32.3 Å². The number of rotatable bonds is 5. The molecule has 6 nitrogen and oxygen atoms in total. The predicted octanol–water partition coefficient (Wildman–Crippen LogP) is 3.38. The highest BCUT2D eigenvalue weighted by atomic mass is 127. The molecule has 1 fully saturated rings. The van der Waals surface area contributed by atoms with Crippen LogP contribution < -0.4 is 10.6 Å². The van der Waals surface area contributed by atoms with Crippen LogP contribution in [0.1, 0.15) is 34.5 Å². The second kappa shape index (κ2) is 12.0. The molecule has 0 bridgehead atoms. The molecule has 3 rings (SSSR count). The number of amides is 1. The van der Waals surface area contributed by atoms with Crippen molar-refractivity contribution in [2.45, 2.75) is 25.6 Å². The van der Waals surface area contributed by atoms with Gasteiger partial charge in [-0.1, -0.05) is 24.3 Å². The Balaban J connectivity index is 0.00000341. The van der Waals surface area contributed by atoms with E-state index in [0.29, 0.717) is 18.7 Å². The molecule has 2 N–H and O–H groups in total. The van der Waals surface area contributed by atoms with E-state index >= 15 is 0 Å². The molecule has 2 aromatic rings. The molecule has 0 saturated carbocycles. The molecular weight excluding hydrogens is 510 g/mol. The van der Waals surface area contributed by atoms with E-state index in [9.17, 15) is 9.18 Å². The first-order valence-electron chi connectivity index (χ1n) is 10.2. The average molecular weight is 540 g/mol. The van der Waals surface area contributed by atoms with Crippen LogP contribution in [-0.4, -0.2) is 56.6 Å². The lowest BCUT2D eigenvalue weighted by molar-refractivity contribution is -0.0604. The Bertz CT molecular complexity index is 891. The van der Waals surface area contributed by atoms with E-state index in [4.69, 9.17) is 4.74 Å². The fourth-order valence-electron chi connectivity index (χ4n) is 3.65. The lowest BCUT2D eigenvalue weighted by Gasteiger charge is -2.38. The summed E-state index contributed by atoms with van der Waals surface area (Å²) in [6.07, 6.45) is 0.652. The molecule has 31 heavy (non-hydrogen) atoms. The Morgan fingerprint density at radius 1 is 1.23 bits per heavy atom. The van der Waals surface area contributed by atoms with Gasteiger partial charge in [-0.25, -0.2) is 4.39 Å². The first kappa shape index (κ1) is 25.1. The monoisotopic (exact) mass is 540 g/mol. The molecule has 168 valence electrons. The molecule has 1 saturated heterocycles. The van der Waals surface area contributed by atoms with Crippen LogP contribution in [0.5, 0.6) is 0 Å². The third-order valence-electron chi connectivity index (χ3n) is 5.13. The van der Waals surface area contributed by atoms with E-state index < -0.39 is 0 Å². The Morgan fingerprint density at radius 3 is 2.65 bits per heavy atom. The van der Waals surface area contributed by atoms with Crippen LogP contribution in [-0.2, 0) is 11.2 Å². The summed E-state index contributed by atoms with van der Waals surface area (Å²) in [5.41, 5.74) is 2.69. The van der Waals surface area contributed by atoms with Crippen molar-refractivity contribution in [1.29, 1.82) is 0 Å². The molecule has 0 spiro atoms. The molecule has 2 unspecified atom stereocenters. The Morgan fingerprint density at radius 2 is 1.97 bits per heavy atom. The van der Waals surface area contributed by atoms with Gasteiger partial charge in [-0.05, 0) is 48.7 Å². The van der Waals surface area contributed by atoms with E-state index in [1.807, 2.05) is 25.1 Å². The zero-order valence-electron chi connectivity index (χ0n) is 18.1. The Hall–Kier alpha value is -2.20. The maximum absolute atomic E-state index is 13.3. The largest absolute Gasteiger partial charge is 0.367 e. The molecule has 2 atom stereocenters. The minimum absolute atomic E-state index is 0. The normalized spacial score (nSPS) is 18.8. The highest BCUT2D eigenvalue weighted by Crippen LogP contribution is 2.25. The highest BCUT2D eigenvalue weighted by Gasteiger charge is 2.28. The molecule has 8 heteroatoms. The summed E-state index contributed by atoms with van der Waals surface area (Å²) in [7, 11) is 3.39. The van der Waals surface area contributed by atoms with E-state index in [-0.39, 0.29) is 47.9 Å². The van der Waals surface area contributed by atoms with Gasteiger partial charge in [0.15, 0.2) is 5.96 Å². The molecule has 0 aromatic heterocycles. The lowest BCUT2D eigenvalue weighted by atomic mass is 10.1. The second-order valence-corrected chi connectivity index (χ2v) is 7.40. The van der Waals surface area contributed by atoms with Crippen molar-refractivity contribution in [2.24, 2.45) is 4.99 Å². The summed E-state index contributed by atoms with van der Waals surface area (Å²) in [6, 6.07) is 14.1. The standard InChI is InChI=1S/C23H29FN4O2.HI/c1-16-14-28(15-21(30-16)18-7-9-20(24)10-8-18)23(26-3)27-12-11-17-5-4-6-19(13-17)22(29)25-2;/h4-10,13,16,21H,11-12,14-15H2,1-3H3,(H,25,29)(H,26,27);1H. The average Bonchev–Trinajstić information content (AvgIpc) is 2.76. The Kier molecular flexibility index (Phi) is 9.70. The van der Waals surface area contributed by atoms with Gasteiger partial charge in [0, 0.05) is 32.7 Å². The molecule has 1 amide bonds. The SMILES string of the molecule is CN=C(NCCc1cccc(C(=O)NC)c1)N1CC(C)OC(c2ccc(F)cc2)C1.I. The van der Waals surface area contributed by atoms with Gasteiger partial charge in [0.25, 0.3) is 5.91 Å². The Labute approximate surface area is 200 Å². The first-order chi connectivity index (χ1) is 14.5. The summed E-state index contributed by atoms with van der Waals surface area (Å²) in [5, 5.41) is 6.06. The van der Waals surface area contributed by atoms with Crippen molar-refractivity contribution in [3.8, 4) is 0 Å². The molecule has 0 radical (unpaired) electrons. The second-order valence-electron chi connectivity index (χ2n) is 7.40. The summed E-state index contributed by atoms with van der Waals surface area (Å²) in [6.45, 7) is 4.09. The van der Waals surface area contributed by atoms with Gasteiger partial charge in [-0.3, -0.25) is 9.79 Å². The number of nitrogens with one attached hydrogen (secondary N) is 2. The number of hydrogen-bond donors (Lipinski definition) is 2. The van der Waals surface area contributed by atoms with Crippen LogP contribution in [0.25, 0.3) is 0 Å². The van der Waals surface area contributed by atoms with Crippen molar-refractivity contribution >= 4 is 35.8 Å². The minimum Gasteiger partial charge on any atom is -0.367 e. The van der Waals surface area contributed by atoms with Crippen molar-refractivity contribution < 1.29 is 13.9 Å². The number of halogens is 2. The number of nitrogens with zero attached hydrogens (tertiary/aromatic N) is 2. The fourth-order valence-corrected chi connectivity index (χ4v) is 3.65. The first-order valence-corrected chi connectivity index (χ1v) is 10.2. The summed E-state index contributed by atoms with van der Waals surface area (Å²) in [4.78, 5) is 18.4. The van der Waals surface area contributed by atoms with Crippen molar-refractivity contribution in [1.82, 2.24) is 15.5 Å². The van der Waals surface area contributed by atoms with Crippen molar-refractivity contribution in [2.75, 3.05) is 33.7 Å². The predicted molar refractivity (Wildman–Crippen MR) is 132 cm³/mol. The van der Waals surface area contributed by atoms with Crippen LogP contribution in [0.15, 0.2) is 53.5 Å². The summed E-state index contributed by atoms with van der Waals surface area (Å²) >= 11 is 0. The highest BCUT2D eigenvalue weighted by molar-refractivity contribution is 14.0. The number of hydrogen-bond acceptors (Lipinski definition) is 3. The van der Waals surface area contributed by atoms with Crippen LogP contribution in [0.2, 0.25) is 0 Å². The van der Waals surface area contributed by atoms with E-state index in [0.717, 1.165) is 30.1 Å². The zero-order valence-corrected chi connectivity index (χ0v) is 20.4. The number of carbonyl (C=O) groups is 1. The quantitative estimate of drug-likeness (QED) is 0.347. The van der Waals surface area contributed by atoms with Gasteiger partial charge < -0.3 is 20.3 Å². The molecule has 0 aliphatic carbocycles. The third-order valence-corrected chi connectivity index (χ3v) is 5.13. The van der Waals surface area contributed by atoms with Gasteiger partial charge in [0.2, 0.25) is 0 Å². The van der Waals surface area contributed by atoms with Crippen LogP contribution in [0.4, 0.5) is 4.39 Å². The topological polar surface area (TPSA) is 66.0 Å². The van der Waals surface area contributed by atoms with Gasteiger partial charge in [-0.2, -0.15) is 0 Å². The van der Waals surface area contributed by atoms with E-state index in [1.165, 1.54) is 12.1 Å². The molecule has 1 heterocycles. The number of carbonyl (C=O) groups excluding carboxylic acids is 1. The van der Waals surface area contributed by atoms with Gasteiger partial charge in [-0.15, -0.1) is 24.0 Å². The number of ether oxygens (including phenoxy) is 1. The number of guanidine groups is 1. The van der Waals surface area contributed by atoms with Gasteiger partial charge in [0.1, 0.15) is 11.9 Å². The van der Waals surface area contributed by atoms with Crippen molar-refractivity contribution in [3.05, 3.63) is 71.0 Å². The smallest absolute Gasteiger partial charge is 0.251 e. The van der Waals surface area contributed by atoms with Gasteiger partial charge >= 0.3 is 0 Å². The molecule has 1 aliphatic heterocycles. The summed E-state index contributed by atoms with van der Waals surface area (Å²) < 4.78 is 19.3. The number of aliphatic imine (C=N–C) groups is 1. The minimum atomic E-state index is -0.252. The maximum atomic E-state index is 13.3. The molecule has 1 aliphatic rings. The van der Waals surface area contributed by atoms with Crippen molar-refractivity contribution in [3.63, 3.8) is 0 Å². The zero-order chi connectivity index (χ0) is 21.5. The molecular formula is C23H30FIN4O2.